The van der Waals surface area contributed by atoms with E-state index in [9.17, 15) is 9.59 Å². The van der Waals surface area contributed by atoms with Crippen LogP contribution in [0, 0.1) is 5.92 Å². The van der Waals surface area contributed by atoms with Crippen LogP contribution in [0.5, 0.6) is 0 Å². The molecule has 4 rings (SSSR count). The van der Waals surface area contributed by atoms with Crippen molar-refractivity contribution in [1.29, 1.82) is 0 Å². The standard InChI is InChI=1S/C21H28N2O2/c24-20(22-12-14-23(15-13-22)21(25)19-10-11-19)18-8-6-17(7-9-18)16-4-2-1-3-5-16/h6-9,16,19H,1-5,10-15H2. The molecular formula is C21H28N2O2. The minimum atomic E-state index is 0.105. The van der Waals surface area contributed by atoms with E-state index >= 15 is 0 Å². The molecule has 25 heavy (non-hydrogen) atoms. The van der Waals surface area contributed by atoms with E-state index in [1.165, 1.54) is 37.7 Å². The number of nitrogens with zero attached hydrogens (tertiary/aromatic N) is 2. The summed E-state index contributed by atoms with van der Waals surface area (Å²) in [6, 6.07) is 8.29. The molecular weight excluding hydrogens is 312 g/mol. The van der Waals surface area contributed by atoms with E-state index in [0.717, 1.165) is 18.4 Å². The highest BCUT2D eigenvalue weighted by molar-refractivity contribution is 5.94. The molecule has 1 aliphatic heterocycles. The van der Waals surface area contributed by atoms with Crippen molar-refractivity contribution in [3.63, 3.8) is 0 Å². The van der Waals surface area contributed by atoms with Gasteiger partial charge >= 0.3 is 0 Å². The van der Waals surface area contributed by atoms with Crippen LogP contribution < -0.4 is 0 Å². The van der Waals surface area contributed by atoms with Crippen molar-refractivity contribution in [2.45, 2.75) is 50.9 Å². The minimum absolute atomic E-state index is 0.105. The highest BCUT2D eigenvalue weighted by Crippen LogP contribution is 2.33. The molecule has 0 unspecified atom stereocenters. The van der Waals surface area contributed by atoms with Crippen LogP contribution in [0.4, 0.5) is 0 Å². The molecule has 134 valence electrons. The predicted molar refractivity (Wildman–Crippen MR) is 97.5 cm³/mol. The first-order valence-corrected chi connectivity index (χ1v) is 9.90. The largest absolute Gasteiger partial charge is 0.339 e. The lowest BCUT2D eigenvalue weighted by atomic mass is 9.84. The van der Waals surface area contributed by atoms with Crippen molar-refractivity contribution in [2.24, 2.45) is 5.92 Å². The van der Waals surface area contributed by atoms with E-state index in [4.69, 9.17) is 0 Å². The molecule has 4 heteroatoms. The average Bonchev–Trinajstić information content (AvgIpc) is 3.53. The maximum absolute atomic E-state index is 12.7. The Kier molecular flexibility index (Phi) is 4.78. The maximum atomic E-state index is 12.7. The Hall–Kier alpha value is -1.84. The van der Waals surface area contributed by atoms with Crippen molar-refractivity contribution in [2.75, 3.05) is 26.2 Å². The van der Waals surface area contributed by atoms with Gasteiger partial charge in [-0.1, -0.05) is 31.4 Å². The third-order valence-corrected chi connectivity index (χ3v) is 6.04. The Bertz CT molecular complexity index is 622. The average molecular weight is 340 g/mol. The van der Waals surface area contributed by atoms with Crippen LogP contribution in [0.3, 0.4) is 0 Å². The molecule has 1 saturated heterocycles. The quantitative estimate of drug-likeness (QED) is 0.846. The zero-order chi connectivity index (χ0) is 17.2. The normalized spacial score (nSPS) is 22.1. The summed E-state index contributed by atoms with van der Waals surface area (Å²) in [6.07, 6.45) is 8.68. The van der Waals surface area contributed by atoms with Gasteiger partial charge < -0.3 is 9.80 Å². The monoisotopic (exact) mass is 340 g/mol. The summed E-state index contributed by atoms with van der Waals surface area (Å²) in [5.41, 5.74) is 2.16. The topological polar surface area (TPSA) is 40.6 Å². The van der Waals surface area contributed by atoms with Gasteiger partial charge in [-0.3, -0.25) is 9.59 Å². The number of piperazine rings is 1. The molecule has 0 aromatic heterocycles. The second-order valence-corrected chi connectivity index (χ2v) is 7.85. The van der Waals surface area contributed by atoms with Crippen LogP contribution in [0.15, 0.2) is 24.3 Å². The molecule has 1 aromatic carbocycles. The highest BCUT2D eigenvalue weighted by Gasteiger charge is 2.35. The SMILES string of the molecule is O=C(c1ccc(C2CCCCC2)cc1)N1CCN(C(=O)C2CC2)CC1. The second kappa shape index (κ2) is 7.19. The fourth-order valence-corrected chi connectivity index (χ4v) is 4.23. The van der Waals surface area contributed by atoms with E-state index in [2.05, 4.69) is 12.1 Å². The van der Waals surface area contributed by atoms with Gasteiger partial charge in [0.25, 0.3) is 5.91 Å². The molecule has 3 fully saturated rings. The number of carbonyl (C=O) groups excluding carboxylic acids is 2. The van der Waals surface area contributed by atoms with Crippen molar-refractivity contribution in [3.8, 4) is 0 Å². The second-order valence-electron chi connectivity index (χ2n) is 7.85. The van der Waals surface area contributed by atoms with Crippen LogP contribution in [0.2, 0.25) is 0 Å². The maximum Gasteiger partial charge on any atom is 0.253 e. The van der Waals surface area contributed by atoms with Crippen molar-refractivity contribution < 1.29 is 9.59 Å². The fourth-order valence-electron chi connectivity index (χ4n) is 4.23. The van der Waals surface area contributed by atoms with Gasteiger partial charge in [-0.25, -0.2) is 0 Å². The predicted octanol–water partition coefficient (Wildman–Crippen LogP) is 3.43. The molecule has 2 aliphatic carbocycles. The van der Waals surface area contributed by atoms with Crippen LogP contribution in [0.1, 0.15) is 66.8 Å². The Balaban J connectivity index is 1.34. The highest BCUT2D eigenvalue weighted by atomic mass is 16.2. The fraction of sp³-hybridized carbons (Fsp3) is 0.619. The Morgan fingerprint density at radius 1 is 0.760 bits per heavy atom. The Morgan fingerprint density at radius 2 is 1.36 bits per heavy atom. The van der Waals surface area contributed by atoms with E-state index in [0.29, 0.717) is 38.0 Å². The third kappa shape index (κ3) is 3.73. The Labute approximate surface area is 150 Å². The molecule has 0 spiro atoms. The van der Waals surface area contributed by atoms with E-state index in [1.807, 2.05) is 21.9 Å². The van der Waals surface area contributed by atoms with Gasteiger partial charge in [0, 0.05) is 37.7 Å². The number of benzene rings is 1. The minimum Gasteiger partial charge on any atom is -0.339 e. The van der Waals surface area contributed by atoms with E-state index < -0.39 is 0 Å². The lowest BCUT2D eigenvalue weighted by Gasteiger charge is -2.35. The lowest BCUT2D eigenvalue weighted by molar-refractivity contribution is -0.134. The van der Waals surface area contributed by atoms with Gasteiger partial charge in [-0.15, -0.1) is 0 Å². The Morgan fingerprint density at radius 3 is 1.96 bits per heavy atom. The summed E-state index contributed by atoms with van der Waals surface area (Å²) in [5.74, 6) is 1.35. The van der Waals surface area contributed by atoms with Gasteiger partial charge in [0.05, 0.1) is 0 Å². The zero-order valence-corrected chi connectivity index (χ0v) is 15.0. The van der Waals surface area contributed by atoms with Crippen molar-refractivity contribution in [3.05, 3.63) is 35.4 Å². The van der Waals surface area contributed by atoms with Gasteiger partial charge in [0.2, 0.25) is 5.91 Å². The van der Waals surface area contributed by atoms with Crippen LogP contribution >= 0.6 is 0 Å². The molecule has 0 atom stereocenters. The van der Waals surface area contributed by atoms with E-state index in [1.54, 1.807) is 0 Å². The first-order valence-electron chi connectivity index (χ1n) is 9.90. The van der Waals surface area contributed by atoms with Crippen LogP contribution in [-0.4, -0.2) is 47.8 Å². The van der Waals surface area contributed by atoms with Gasteiger partial charge in [0.15, 0.2) is 0 Å². The smallest absolute Gasteiger partial charge is 0.253 e. The molecule has 4 nitrogen and oxygen atoms in total. The van der Waals surface area contributed by atoms with Crippen LogP contribution in [-0.2, 0) is 4.79 Å². The number of carbonyl (C=O) groups is 2. The summed E-state index contributed by atoms with van der Waals surface area (Å²) in [5, 5.41) is 0. The summed E-state index contributed by atoms with van der Waals surface area (Å²) in [6.45, 7) is 2.67. The molecule has 0 radical (unpaired) electrons. The van der Waals surface area contributed by atoms with Crippen molar-refractivity contribution >= 4 is 11.8 Å². The summed E-state index contributed by atoms with van der Waals surface area (Å²) < 4.78 is 0. The summed E-state index contributed by atoms with van der Waals surface area (Å²) in [7, 11) is 0. The molecule has 3 aliphatic rings. The molecule has 2 amide bonds. The number of amides is 2. The number of hydrogen-bond acceptors (Lipinski definition) is 2. The first-order chi connectivity index (χ1) is 12.2. The molecule has 0 N–H and O–H groups in total. The summed E-state index contributed by atoms with van der Waals surface area (Å²) in [4.78, 5) is 28.7. The zero-order valence-electron chi connectivity index (χ0n) is 15.0. The molecule has 1 heterocycles. The third-order valence-electron chi connectivity index (χ3n) is 6.04. The summed E-state index contributed by atoms with van der Waals surface area (Å²) >= 11 is 0. The molecule has 2 saturated carbocycles. The van der Waals surface area contributed by atoms with Gasteiger partial charge in [-0.05, 0) is 49.3 Å². The van der Waals surface area contributed by atoms with Gasteiger partial charge in [0.1, 0.15) is 0 Å². The van der Waals surface area contributed by atoms with Crippen LogP contribution in [0.25, 0.3) is 0 Å². The number of hydrogen-bond donors (Lipinski definition) is 0. The van der Waals surface area contributed by atoms with Gasteiger partial charge in [-0.2, -0.15) is 0 Å². The molecule has 0 bridgehead atoms. The van der Waals surface area contributed by atoms with E-state index in [-0.39, 0.29) is 11.8 Å². The van der Waals surface area contributed by atoms with Crippen molar-refractivity contribution in [1.82, 2.24) is 9.80 Å². The first kappa shape index (κ1) is 16.6. The molecule has 1 aromatic rings. The number of rotatable bonds is 3. The lowest BCUT2D eigenvalue weighted by Crippen LogP contribution is -2.51.